The van der Waals surface area contributed by atoms with Crippen molar-refractivity contribution in [1.82, 2.24) is 9.80 Å². The molecule has 1 atom stereocenters. The Balaban J connectivity index is 0.00000225. The zero-order chi connectivity index (χ0) is 16.9. The molecule has 25 heavy (non-hydrogen) atoms. The SMILES string of the molecule is Cl.N[C@@H](Cc1ccccc1)C(=O)N1CCN(C(=O)c2ccco2)CC1. The van der Waals surface area contributed by atoms with Crippen molar-refractivity contribution in [3.8, 4) is 0 Å². The van der Waals surface area contributed by atoms with E-state index in [9.17, 15) is 9.59 Å². The van der Waals surface area contributed by atoms with Gasteiger partial charge in [-0.05, 0) is 24.1 Å². The smallest absolute Gasteiger partial charge is 0.289 e. The average Bonchev–Trinajstić information content (AvgIpc) is 3.16. The van der Waals surface area contributed by atoms with Crippen LogP contribution < -0.4 is 5.73 Å². The van der Waals surface area contributed by atoms with Crippen LogP contribution in [0, 0.1) is 0 Å². The molecule has 1 aromatic carbocycles. The highest BCUT2D eigenvalue weighted by Crippen LogP contribution is 2.11. The lowest BCUT2D eigenvalue weighted by atomic mass is 10.1. The molecular formula is C18H22ClN3O3. The fraction of sp³-hybridized carbons (Fsp3) is 0.333. The minimum Gasteiger partial charge on any atom is -0.459 e. The van der Waals surface area contributed by atoms with Crippen molar-refractivity contribution in [2.75, 3.05) is 26.2 Å². The van der Waals surface area contributed by atoms with Crippen LogP contribution in [0.5, 0.6) is 0 Å². The first-order valence-corrected chi connectivity index (χ1v) is 8.06. The first kappa shape index (κ1) is 19.0. The molecule has 0 bridgehead atoms. The fourth-order valence-corrected chi connectivity index (χ4v) is 2.88. The van der Waals surface area contributed by atoms with Crippen LogP contribution in [-0.4, -0.2) is 53.8 Å². The minimum atomic E-state index is -0.556. The third-order valence-corrected chi connectivity index (χ3v) is 4.23. The van der Waals surface area contributed by atoms with Crippen molar-refractivity contribution in [3.63, 3.8) is 0 Å². The summed E-state index contributed by atoms with van der Waals surface area (Å²) in [6, 6.07) is 12.5. The largest absolute Gasteiger partial charge is 0.459 e. The Morgan fingerprint density at radius 2 is 1.64 bits per heavy atom. The number of hydrogen-bond donors (Lipinski definition) is 1. The van der Waals surface area contributed by atoms with Gasteiger partial charge in [0.05, 0.1) is 12.3 Å². The summed E-state index contributed by atoms with van der Waals surface area (Å²) in [5.41, 5.74) is 7.11. The third-order valence-electron chi connectivity index (χ3n) is 4.23. The second-order valence-corrected chi connectivity index (χ2v) is 5.89. The zero-order valence-electron chi connectivity index (χ0n) is 13.8. The molecule has 1 aromatic heterocycles. The first-order valence-electron chi connectivity index (χ1n) is 8.06. The summed E-state index contributed by atoms with van der Waals surface area (Å²) in [6.45, 7) is 1.97. The molecule has 1 aliphatic heterocycles. The van der Waals surface area contributed by atoms with Crippen molar-refractivity contribution in [3.05, 3.63) is 60.1 Å². The van der Waals surface area contributed by atoms with E-state index < -0.39 is 6.04 Å². The van der Waals surface area contributed by atoms with Crippen molar-refractivity contribution in [2.24, 2.45) is 5.73 Å². The zero-order valence-corrected chi connectivity index (χ0v) is 14.7. The summed E-state index contributed by atoms with van der Waals surface area (Å²) in [7, 11) is 0. The van der Waals surface area contributed by atoms with Crippen LogP contribution in [0.25, 0.3) is 0 Å². The number of nitrogens with zero attached hydrogens (tertiary/aromatic N) is 2. The maximum atomic E-state index is 12.5. The predicted molar refractivity (Wildman–Crippen MR) is 96.6 cm³/mol. The van der Waals surface area contributed by atoms with Gasteiger partial charge in [0, 0.05) is 26.2 Å². The molecule has 0 aliphatic carbocycles. The van der Waals surface area contributed by atoms with E-state index in [1.54, 1.807) is 21.9 Å². The number of furan rings is 1. The van der Waals surface area contributed by atoms with E-state index in [4.69, 9.17) is 10.2 Å². The second-order valence-electron chi connectivity index (χ2n) is 5.89. The third kappa shape index (κ3) is 4.61. The van der Waals surface area contributed by atoms with Gasteiger partial charge in [-0.2, -0.15) is 0 Å². The van der Waals surface area contributed by atoms with Crippen LogP contribution in [0.15, 0.2) is 53.1 Å². The fourth-order valence-electron chi connectivity index (χ4n) is 2.88. The molecule has 0 unspecified atom stereocenters. The maximum absolute atomic E-state index is 12.5. The lowest BCUT2D eigenvalue weighted by molar-refractivity contribution is -0.134. The Labute approximate surface area is 153 Å². The summed E-state index contributed by atoms with van der Waals surface area (Å²) in [5, 5.41) is 0. The molecule has 0 spiro atoms. The van der Waals surface area contributed by atoms with Crippen molar-refractivity contribution >= 4 is 24.2 Å². The van der Waals surface area contributed by atoms with Crippen molar-refractivity contribution in [2.45, 2.75) is 12.5 Å². The lowest BCUT2D eigenvalue weighted by Crippen LogP contribution is -2.54. The van der Waals surface area contributed by atoms with E-state index in [1.807, 2.05) is 30.3 Å². The van der Waals surface area contributed by atoms with Gasteiger partial charge in [0.15, 0.2) is 5.76 Å². The first-order chi connectivity index (χ1) is 11.6. The molecular weight excluding hydrogens is 342 g/mol. The summed E-state index contributed by atoms with van der Waals surface area (Å²) < 4.78 is 5.14. The molecule has 2 aromatic rings. The van der Waals surface area contributed by atoms with Gasteiger partial charge in [-0.1, -0.05) is 30.3 Å². The van der Waals surface area contributed by atoms with Gasteiger partial charge in [-0.15, -0.1) is 12.4 Å². The van der Waals surface area contributed by atoms with Gasteiger partial charge >= 0.3 is 0 Å². The van der Waals surface area contributed by atoms with Crippen LogP contribution in [-0.2, 0) is 11.2 Å². The highest BCUT2D eigenvalue weighted by molar-refractivity contribution is 5.91. The molecule has 1 saturated heterocycles. The van der Waals surface area contributed by atoms with Crippen molar-refractivity contribution < 1.29 is 14.0 Å². The quantitative estimate of drug-likeness (QED) is 0.893. The molecule has 7 heteroatoms. The monoisotopic (exact) mass is 363 g/mol. The van der Waals surface area contributed by atoms with E-state index in [-0.39, 0.29) is 24.2 Å². The molecule has 2 heterocycles. The average molecular weight is 364 g/mol. The number of piperazine rings is 1. The number of benzene rings is 1. The summed E-state index contributed by atoms with van der Waals surface area (Å²) in [4.78, 5) is 28.1. The Bertz CT molecular complexity index is 683. The highest BCUT2D eigenvalue weighted by Gasteiger charge is 2.28. The highest BCUT2D eigenvalue weighted by atomic mass is 35.5. The minimum absolute atomic E-state index is 0. The molecule has 6 nitrogen and oxygen atoms in total. The van der Waals surface area contributed by atoms with Gasteiger partial charge in [-0.3, -0.25) is 9.59 Å². The second kappa shape index (κ2) is 8.69. The molecule has 1 fully saturated rings. The molecule has 3 rings (SSSR count). The summed E-state index contributed by atoms with van der Waals surface area (Å²) in [6.07, 6.45) is 2.00. The topological polar surface area (TPSA) is 79.8 Å². The lowest BCUT2D eigenvalue weighted by Gasteiger charge is -2.35. The van der Waals surface area contributed by atoms with Gasteiger partial charge in [-0.25, -0.2) is 0 Å². The van der Waals surface area contributed by atoms with Gasteiger partial charge in [0.25, 0.3) is 5.91 Å². The predicted octanol–water partition coefficient (Wildman–Crippen LogP) is 1.56. The maximum Gasteiger partial charge on any atom is 0.289 e. The molecule has 0 saturated carbocycles. The van der Waals surface area contributed by atoms with E-state index in [0.717, 1.165) is 5.56 Å². The Morgan fingerprint density at radius 3 is 2.24 bits per heavy atom. The molecule has 0 radical (unpaired) electrons. The van der Waals surface area contributed by atoms with Gasteiger partial charge < -0.3 is 20.0 Å². The number of amides is 2. The van der Waals surface area contributed by atoms with E-state index in [1.165, 1.54) is 6.26 Å². The number of carbonyl (C=O) groups is 2. The molecule has 1 aliphatic rings. The normalized spacial score (nSPS) is 15.4. The number of hydrogen-bond acceptors (Lipinski definition) is 4. The number of nitrogens with two attached hydrogens (primary N) is 1. The summed E-state index contributed by atoms with van der Waals surface area (Å²) >= 11 is 0. The molecule has 134 valence electrons. The Hall–Kier alpha value is -2.31. The molecule has 2 amide bonds. The van der Waals surface area contributed by atoms with Crippen LogP contribution in [0.3, 0.4) is 0 Å². The van der Waals surface area contributed by atoms with Crippen LogP contribution in [0.1, 0.15) is 16.1 Å². The van der Waals surface area contributed by atoms with Crippen LogP contribution >= 0.6 is 12.4 Å². The number of carbonyl (C=O) groups excluding carboxylic acids is 2. The van der Waals surface area contributed by atoms with Crippen LogP contribution in [0.4, 0.5) is 0 Å². The number of rotatable bonds is 4. The van der Waals surface area contributed by atoms with Gasteiger partial charge in [0.2, 0.25) is 5.91 Å². The van der Waals surface area contributed by atoms with Crippen molar-refractivity contribution in [1.29, 1.82) is 0 Å². The van der Waals surface area contributed by atoms with E-state index >= 15 is 0 Å². The van der Waals surface area contributed by atoms with Gasteiger partial charge in [0.1, 0.15) is 0 Å². The number of halogens is 1. The van der Waals surface area contributed by atoms with E-state index in [0.29, 0.717) is 38.4 Å². The Kier molecular flexibility index (Phi) is 6.61. The van der Waals surface area contributed by atoms with Crippen LogP contribution in [0.2, 0.25) is 0 Å². The van der Waals surface area contributed by atoms with E-state index in [2.05, 4.69) is 0 Å². The molecule has 2 N–H and O–H groups in total. The summed E-state index contributed by atoms with van der Waals surface area (Å²) in [5.74, 6) is 0.125. The standard InChI is InChI=1S/C18H21N3O3.ClH/c19-15(13-14-5-2-1-3-6-14)17(22)20-8-10-21(11-9-20)18(23)16-7-4-12-24-16;/h1-7,12,15H,8-11,13,19H2;1H/t15-;/m0./s1. The Morgan fingerprint density at radius 1 is 1.00 bits per heavy atom.